The van der Waals surface area contributed by atoms with Crippen molar-refractivity contribution in [2.45, 2.75) is 33.2 Å². The first-order chi connectivity index (χ1) is 10.2. The van der Waals surface area contributed by atoms with E-state index in [9.17, 15) is 0 Å². The fraction of sp³-hybridized carbons (Fsp3) is 0.278. The standard InChI is InChI=1S/C18H21N3/c1-3-21-17-10-8-13(2)12-16(17)20-18(21)11-9-14-6-4-5-7-15(14)19/h4-8,10,12H,3,9,11,19H2,1-2H3. The summed E-state index contributed by atoms with van der Waals surface area (Å²) < 4.78 is 2.30. The monoisotopic (exact) mass is 279 g/mol. The van der Waals surface area contributed by atoms with Gasteiger partial charge in [0.1, 0.15) is 5.82 Å². The van der Waals surface area contributed by atoms with Crippen LogP contribution in [0.4, 0.5) is 5.69 Å². The summed E-state index contributed by atoms with van der Waals surface area (Å²) in [6.45, 7) is 5.22. The zero-order chi connectivity index (χ0) is 14.8. The Morgan fingerprint density at radius 2 is 1.90 bits per heavy atom. The number of nitrogens with two attached hydrogens (primary N) is 1. The van der Waals surface area contributed by atoms with Crippen molar-refractivity contribution in [2.24, 2.45) is 0 Å². The van der Waals surface area contributed by atoms with Crippen molar-refractivity contribution < 1.29 is 0 Å². The molecule has 0 spiro atoms. The van der Waals surface area contributed by atoms with E-state index in [1.54, 1.807) is 0 Å². The van der Waals surface area contributed by atoms with Gasteiger partial charge >= 0.3 is 0 Å². The Kier molecular flexibility index (Phi) is 3.65. The molecule has 0 bridgehead atoms. The average Bonchev–Trinajstić information content (AvgIpc) is 2.82. The van der Waals surface area contributed by atoms with Gasteiger partial charge in [0.05, 0.1) is 11.0 Å². The molecular weight excluding hydrogens is 258 g/mol. The number of fused-ring (bicyclic) bond motifs is 1. The summed E-state index contributed by atoms with van der Waals surface area (Å²) in [5, 5.41) is 0. The minimum absolute atomic E-state index is 0.868. The van der Waals surface area contributed by atoms with Crippen LogP contribution in [0.1, 0.15) is 23.9 Å². The molecule has 0 atom stereocenters. The molecule has 1 heterocycles. The normalized spacial score (nSPS) is 11.1. The third kappa shape index (κ3) is 2.64. The minimum atomic E-state index is 0.868. The topological polar surface area (TPSA) is 43.8 Å². The first kappa shape index (κ1) is 13.7. The largest absolute Gasteiger partial charge is 0.399 e. The number of aromatic nitrogens is 2. The molecule has 3 rings (SSSR count). The number of nitrogens with zero attached hydrogens (tertiary/aromatic N) is 2. The van der Waals surface area contributed by atoms with Crippen molar-refractivity contribution >= 4 is 16.7 Å². The molecule has 3 nitrogen and oxygen atoms in total. The predicted molar refractivity (Wildman–Crippen MR) is 88.4 cm³/mol. The number of imidazole rings is 1. The van der Waals surface area contributed by atoms with Gasteiger partial charge in [0.2, 0.25) is 0 Å². The van der Waals surface area contributed by atoms with E-state index in [0.717, 1.165) is 36.4 Å². The molecule has 2 N–H and O–H groups in total. The molecule has 0 saturated carbocycles. The highest BCUT2D eigenvalue weighted by molar-refractivity contribution is 5.76. The highest BCUT2D eigenvalue weighted by atomic mass is 15.1. The number of hydrogen-bond acceptors (Lipinski definition) is 2. The molecule has 0 aliphatic rings. The smallest absolute Gasteiger partial charge is 0.110 e. The second-order valence-corrected chi connectivity index (χ2v) is 5.46. The van der Waals surface area contributed by atoms with E-state index in [0.29, 0.717) is 0 Å². The van der Waals surface area contributed by atoms with Gasteiger partial charge in [0.15, 0.2) is 0 Å². The van der Waals surface area contributed by atoms with Crippen molar-refractivity contribution in [3.63, 3.8) is 0 Å². The molecule has 0 saturated heterocycles. The number of benzene rings is 2. The van der Waals surface area contributed by atoms with Gasteiger partial charge in [-0.1, -0.05) is 24.3 Å². The highest BCUT2D eigenvalue weighted by Gasteiger charge is 2.10. The SMILES string of the molecule is CCn1c(CCc2ccccc2N)nc2cc(C)ccc21. The van der Waals surface area contributed by atoms with Gasteiger partial charge in [-0.2, -0.15) is 0 Å². The van der Waals surface area contributed by atoms with Gasteiger partial charge in [0, 0.05) is 18.7 Å². The Hall–Kier alpha value is -2.29. The Balaban J connectivity index is 1.92. The second-order valence-electron chi connectivity index (χ2n) is 5.46. The minimum Gasteiger partial charge on any atom is -0.399 e. The Labute approximate surface area is 125 Å². The quantitative estimate of drug-likeness (QED) is 0.739. The van der Waals surface area contributed by atoms with Gasteiger partial charge in [-0.15, -0.1) is 0 Å². The number of anilines is 1. The zero-order valence-corrected chi connectivity index (χ0v) is 12.6. The van der Waals surface area contributed by atoms with Crippen molar-refractivity contribution in [3.05, 3.63) is 59.4 Å². The molecule has 0 aliphatic heterocycles. The van der Waals surface area contributed by atoms with E-state index in [-0.39, 0.29) is 0 Å². The summed E-state index contributed by atoms with van der Waals surface area (Å²) in [5.41, 5.74) is 11.7. The first-order valence-electron chi connectivity index (χ1n) is 7.48. The van der Waals surface area contributed by atoms with Crippen LogP contribution in [0.25, 0.3) is 11.0 Å². The van der Waals surface area contributed by atoms with E-state index < -0.39 is 0 Å². The molecule has 0 radical (unpaired) electrons. The maximum Gasteiger partial charge on any atom is 0.110 e. The van der Waals surface area contributed by atoms with Gasteiger partial charge < -0.3 is 10.3 Å². The van der Waals surface area contributed by atoms with Crippen LogP contribution >= 0.6 is 0 Å². The lowest BCUT2D eigenvalue weighted by Gasteiger charge is -2.07. The Morgan fingerprint density at radius 1 is 1.10 bits per heavy atom. The van der Waals surface area contributed by atoms with E-state index in [1.165, 1.54) is 16.6 Å². The number of rotatable bonds is 4. The number of para-hydroxylation sites is 1. The van der Waals surface area contributed by atoms with Gasteiger partial charge in [-0.25, -0.2) is 4.98 Å². The third-order valence-electron chi connectivity index (χ3n) is 3.97. The van der Waals surface area contributed by atoms with Crippen LogP contribution in [0, 0.1) is 6.92 Å². The zero-order valence-electron chi connectivity index (χ0n) is 12.6. The average molecular weight is 279 g/mol. The third-order valence-corrected chi connectivity index (χ3v) is 3.97. The molecule has 2 aromatic carbocycles. The van der Waals surface area contributed by atoms with E-state index in [4.69, 9.17) is 10.7 Å². The predicted octanol–water partition coefficient (Wildman–Crippen LogP) is 3.73. The van der Waals surface area contributed by atoms with Crippen molar-refractivity contribution in [1.29, 1.82) is 0 Å². The number of aryl methyl sites for hydroxylation is 4. The fourth-order valence-electron chi connectivity index (χ4n) is 2.84. The van der Waals surface area contributed by atoms with E-state index in [2.05, 4.69) is 42.7 Å². The lowest BCUT2D eigenvalue weighted by Crippen LogP contribution is -2.04. The van der Waals surface area contributed by atoms with E-state index >= 15 is 0 Å². The van der Waals surface area contributed by atoms with E-state index in [1.807, 2.05) is 18.2 Å². The van der Waals surface area contributed by atoms with Crippen LogP contribution in [0.5, 0.6) is 0 Å². The molecule has 108 valence electrons. The first-order valence-corrected chi connectivity index (χ1v) is 7.48. The molecular formula is C18H21N3. The molecule has 1 aromatic heterocycles. The van der Waals surface area contributed by atoms with Crippen molar-refractivity contribution in [1.82, 2.24) is 9.55 Å². The van der Waals surface area contributed by atoms with Crippen molar-refractivity contribution in [2.75, 3.05) is 5.73 Å². The number of hydrogen-bond donors (Lipinski definition) is 1. The summed E-state index contributed by atoms with van der Waals surface area (Å²) in [7, 11) is 0. The molecule has 21 heavy (non-hydrogen) atoms. The van der Waals surface area contributed by atoms with Crippen LogP contribution in [-0.2, 0) is 19.4 Å². The van der Waals surface area contributed by atoms with Crippen LogP contribution < -0.4 is 5.73 Å². The summed E-state index contributed by atoms with van der Waals surface area (Å²) in [4.78, 5) is 4.81. The van der Waals surface area contributed by atoms with Crippen LogP contribution in [0.2, 0.25) is 0 Å². The number of nitrogen functional groups attached to an aromatic ring is 1. The second kappa shape index (κ2) is 5.60. The summed E-state index contributed by atoms with van der Waals surface area (Å²) in [6, 6.07) is 14.5. The highest BCUT2D eigenvalue weighted by Crippen LogP contribution is 2.20. The summed E-state index contributed by atoms with van der Waals surface area (Å²) in [6.07, 6.45) is 1.84. The van der Waals surface area contributed by atoms with Crippen molar-refractivity contribution in [3.8, 4) is 0 Å². The van der Waals surface area contributed by atoms with Crippen LogP contribution in [-0.4, -0.2) is 9.55 Å². The summed E-state index contributed by atoms with van der Waals surface area (Å²) in [5.74, 6) is 1.14. The lowest BCUT2D eigenvalue weighted by atomic mass is 10.1. The Bertz CT molecular complexity index is 771. The molecule has 0 aliphatic carbocycles. The van der Waals surface area contributed by atoms with Gasteiger partial charge in [-0.05, 0) is 49.6 Å². The maximum absolute atomic E-state index is 6.02. The Morgan fingerprint density at radius 3 is 2.67 bits per heavy atom. The van der Waals surface area contributed by atoms with Gasteiger partial charge in [0.25, 0.3) is 0 Å². The fourth-order valence-corrected chi connectivity index (χ4v) is 2.84. The van der Waals surface area contributed by atoms with Crippen LogP contribution in [0.15, 0.2) is 42.5 Å². The molecule has 0 amide bonds. The molecule has 0 fully saturated rings. The van der Waals surface area contributed by atoms with Gasteiger partial charge in [-0.3, -0.25) is 0 Å². The maximum atomic E-state index is 6.02. The molecule has 3 heteroatoms. The lowest BCUT2D eigenvalue weighted by molar-refractivity contribution is 0.707. The summed E-state index contributed by atoms with van der Waals surface area (Å²) >= 11 is 0. The van der Waals surface area contributed by atoms with Crippen LogP contribution in [0.3, 0.4) is 0 Å². The molecule has 3 aromatic rings. The molecule has 0 unspecified atom stereocenters.